The summed E-state index contributed by atoms with van der Waals surface area (Å²) >= 11 is 0. The van der Waals surface area contributed by atoms with Gasteiger partial charge in [-0.2, -0.15) is 0 Å². The molecule has 2 aromatic carbocycles. The first-order valence-corrected chi connectivity index (χ1v) is 11.0. The molecule has 1 N–H and O–H groups in total. The summed E-state index contributed by atoms with van der Waals surface area (Å²) in [5, 5.41) is 2.99. The molecule has 1 saturated heterocycles. The molecule has 0 radical (unpaired) electrons. The highest BCUT2D eigenvalue weighted by atomic mass is 16.6. The van der Waals surface area contributed by atoms with Crippen LogP contribution in [0.2, 0.25) is 0 Å². The zero-order chi connectivity index (χ0) is 23.1. The van der Waals surface area contributed by atoms with E-state index in [1.165, 1.54) is 0 Å². The molecule has 32 heavy (non-hydrogen) atoms. The first-order valence-electron chi connectivity index (χ1n) is 11.0. The Hall–Kier alpha value is -2.86. The monoisotopic (exact) mass is 439 g/mol. The van der Waals surface area contributed by atoms with Crippen molar-refractivity contribution < 1.29 is 23.8 Å². The molecular formula is C26H33NO5. The van der Waals surface area contributed by atoms with Crippen LogP contribution in [-0.2, 0) is 27.1 Å². The van der Waals surface area contributed by atoms with E-state index < -0.39 is 17.8 Å². The molecule has 1 fully saturated rings. The molecule has 4 atom stereocenters. The molecule has 2 aromatic rings. The number of rotatable bonds is 8. The minimum Gasteiger partial charge on any atom is -0.497 e. The molecule has 1 amide bonds. The van der Waals surface area contributed by atoms with Gasteiger partial charge in [-0.25, -0.2) is 4.79 Å². The molecule has 1 aliphatic rings. The van der Waals surface area contributed by atoms with Crippen LogP contribution in [0.3, 0.4) is 0 Å². The molecule has 0 saturated carbocycles. The van der Waals surface area contributed by atoms with Gasteiger partial charge in [0.05, 0.1) is 19.3 Å². The van der Waals surface area contributed by atoms with Crippen LogP contribution in [0.4, 0.5) is 4.79 Å². The lowest BCUT2D eigenvalue weighted by Gasteiger charge is -2.27. The van der Waals surface area contributed by atoms with Crippen molar-refractivity contribution in [1.82, 2.24) is 5.32 Å². The Kier molecular flexibility index (Phi) is 7.91. The third kappa shape index (κ3) is 6.82. The van der Waals surface area contributed by atoms with E-state index in [0.717, 1.165) is 23.2 Å². The van der Waals surface area contributed by atoms with Crippen LogP contribution in [0.15, 0.2) is 54.6 Å². The summed E-state index contributed by atoms with van der Waals surface area (Å²) in [5.74, 6) is 0.803. The van der Waals surface area contributed by atoms with E-state index in [4.69, 9.17) is 14.2 Å². The molecule has 3 rings (SSSR count). The highest BCUT2D eigenvalue weighted by molar-refractivity contribution is 5.68. The largest absolute Gasteiger partial charge is 0.497 e. The normalized spacial score (nSPS) is 21.6. The lowest BCUT2D eigenvalue weighted by Crippen LogP contribution is -2.46. The van der Waals surface area contributed by atoms with Crippen molar-refractivity contribution in [3.63, 3.8) is 0 Å². The molecule has 0 aromatic heterocycles. The fourth-order valence-electron chi connectivity index (χ4n) is 4.11. The summed E-state index contributed by atoms with van der Waals surface area (Å²) in [6, 6.07) is 17.5. The van der Waals surface area contributed by atoms with Gasteiger partial charge < -0.3 is 24.3 Å². The van der Waals surface area contributed by atoms with E-state index in [2.05, 4.69) is 5.32 Å². The van der Waals surface area contributed by atoms with E-state index >= 15 is 0 Å². The second-order valence-corrected chi connectivity index (χ2v) is 9.27. The second-order valence-electron chi connectivity index (χ2n) is 9.27. The van der Waals surface area contributed by atoms with Gasteiger partial charge >= 0.3 is 6.09 Å². The Labute approximate surface area is 190 Å². The lowest BCUT2D eigenvalue weighted by molar-refractivity contribution is -0.119. The van der Waals surface area contributed by atoms with Gasteiger partial charge in [-0.05, 0) is 69.2 Å². The summed E-state index contributed by atoms with van der Waals surface area (Å²) in [7, 11) is 1.64. The molecule has 0 spiro atoms. The molecule has 1 heterocycles. The van der Waals surface area contributed by atoms with Crippen LogP contribution in [0.5, 0.6) is 5.75 Å². The SMILES string of the molecule is COc1cccc(CC2CC([C@H](Cc3ccccc3)NC(=O)OC(C)(C)C)OC2C=O)c1. The average Bonchev–Trinajstić information content (AvgIpc) is 3.15. The van der Waals surface area contributed by atoms with E-state index in [1.54, 1.807) is 7.11 Å². The summed E-state index contributed by atoms with van der Waals surface area (Å²) in [6.45, 7) is 5.49. The maximum Gasteiger partial charge on any atom is 0.407 e. The van der Waals surface area contributed by atoms with Crippen LogP contribution >= 0.6 is 0 Å². The number of amides is 1. The fraction of sp³-hybridized carbons (Fsp3) is 0.462. The quantitative estimate of drug-likeness (QED) is 0.619. The molecule has 6 heteroatoms. The maximum atomic E-state index is 12.5. The van der Waals surface area contributed by atoms with Gasteiger partial charge in [0, 0.05) is 0 Å². The highest BCUT2D eigenvalue weighted by Gasteiger charge is 2.40. The second kappa shape index (κ2) is 10.6. The van der Waals surface area contributed by atoms with Gasteiger partial charge in [-0.3, -0.25) is 0 Å². The number of alkyl carbamates (subject to hydrolysis) is 1. The van der Waals surface area contributed by atoms with E-state index in [-0.39, 0.29) is 18.1 Å². The Morgan fingerprint density at radius 2 is 1.88 bits per heavy atom. The van der Waals surface area contributed by atoms with Crippen molar-refractivity contribution in [1.29, 1.82) is 0 Å². The molecule has 172 valence electrons. The Balaban J connectivity index is 1.75. The van der Waals surface area contributed by atoms with Crippen LogP contribution in [0, 0.1) is 5.92 Å². The van der Waals surface area contributed by atoms with E-state index in [9.17, 15) is 9.59 Å². The van der Waals surface area contributed by atoms with Crippen molar-refractivity contribution in [2.75, 3.05) is 7.11 Å². The number of hydrogen-bond acceptors (Lipinski definition) is 5. The van der Waals surface area contributed by atoms with Gasteiger partial charge in [-0.15, -0.1) is 0 Å². The first-order chi connectivity index (χ1) is 15.3. The topological polar surface area (TPSA) is 73.9 Å². The van der Waals surface area contributed by atoms with Crippen LogP contribution in [-0.4, -0.2) is 43.3 Å². The predicted molar refractivity (Wildman–Crippen MR) is 123 cm³/mol. The molecule has 1 aliphatic heterocycles. The summed E-state index contributed by atoms with van der Waals surface area (Å²) < 4.78 is 16.9. The lowest BCUT2D eigenvalue weighted by atomic mass is 9.89. The summed E-state index contributed by atoms with van der Waals surface area (Å²) in [4.78, 5) is 24.3. The van der Waals surface area contributed by atoms with Crippen molar-refractivity contribution in [3.8, 4) is 5.75 Å². The smallest absolute Gasteiger partial charge is 0.407 e. The Morgan fingerprint density at radius 3 is 2.53 bits per heavy atom. The van der Waals surface area contributed by atoms with Crippen molar-refractivity contribution in [3.05, 3.63) is 65.7 Å². The molecule has 3 unspecified atom stereocenters. The van der Waals surface area contributed by atoms with Crippen LogP contribution in [0.1, 0.15) is 38.3 Å². The van der Waals surface area contributed by atoms with Gasteiger partial charge in [0.15, 0.2) is 0 Å². The zero-order valence-corrected chi connectivity index (χ0v) is 19.2. The Bertz CT molecular complexity index is 893. The average molecular weight is 440 g/mol. The van der Waals surface area contributed by atoms with Crippen LogP contribution in [0.25, 0.3) is 0 Å². The number of aldehydes is 1. The number of hydrogen-bond donors (Lipinski definition) is 1. The van der Waals surface area contributed by atoms with Crippen molar-refractivity contribution in [2.45, 2.75) is 63.9 Å². The minimum absolute atomic E-state index is 0.0170. The third-order valence-electron chi connectivity index (χ3n) is 5.55. The highest BCUT2D eigenvalue weighted by Crippen LogP contribution is 2.32. The number of ether oxygens (including phenoxy) is 3. The predicted octanol–water partition coefficient (Wildman–Crippen LogP) is 4.35. The standard InChI is InChI=1S/C26H33NO5/c1-26(2,3)32-25(29)27-22(15-18-9-6-5-7-10-18)23-16-20(24(17-28)31-23)13-19-11-8-12-21(14-19)30-4/h5-12,14,17,20,22-24H,13,15-16H2,1-4H3,(H,27,29)/t20?,22-,23?,24?/m0/s1. The van der Waals surface area contributed by atoms with Crippen molar-refractivity contribution in [2.24, 2.45) is 5.92 Å². The minimum atomic E-state index is -0.599. The van der Waals surface area contributed by atoms with Gasteiger partial charge in [0.2, 0.25) is 0 Å². The zero-order valence-electron chi connectivity index (χ0n) is 19.2. The van der Waals surface area contributed by atoms with Crippen LogP contribution < -0.4 is 10.1 Å². The third-order valence-corrected chi connectivity index (χ3v) is 5.55. The Morgan fingerprint density at radius 1 is 1.16 bits per heavy atom. The fourth-order valence-corrected chi connectivity index (χ4v) is 4.11. The summed E-state index contributed by atoms with van der Waals surface area (Å²) in [5.41, 5.74) is 1.57. The molecular weight excluding hydrogens is 406 g/mol. The van der Waals surface area contributed by atoms with Crippen molar-refractivity contribution >= 4 is 12.4 Å². The van der Waals surface area contributed by atoms with E-state index in [0.29, 0.717) is 19.3 Å². The molecule has 0 bridgehead atoms. The summed E-state index contributed by atoms with van der Waals surface area (Å²) in [6.07, 6.45) is 1.51. The molecule has 6 nitrogen and oxygen atoms in total. The number of methoxy groups -OCH3 is 1. The van der Waals surface area contributed by atoms with Gasteiger partial charge in [-0.1, -0.05) is 42.5 Å². The number of carbonyl (C=O) groups is 2. The number of benzene rings is 2. The van der Waals surface area contributed by atoms with Gasteiger partial charge in [0.25, 0.3) is 0 Å². The molecule has 0 aliphatic carbocycles. The maximum absolute atomic E-state index is 12.5. The van der Waals surface area contributed by atoms with Gasteiger partial charge in [0.1, 0.15) is 23.7 Å². The number of carbonyl (C=O) groups excluding carboxylic acids is 2. The van der Waals surface area contributed by atoms with E-state index in [1.807, 2.05) is 75.4 Å². The first kappa shape index (κ1) is 23.8. The number of nitrogens with one attached hydrogen (secondary N) is 1.